The van der Waals surface area contributed by atoms with Gasteiger partial charge in [0, 0.05) is 29.7 Å². The van der Waals surface area contributed by atoms with E-state index in [-0.39, 0.29) is 18.1 Å². The molecule has 2 N–H and O–H groups in total. The van der Waals surface area contributed by atoms with E-state index in [1.54, 1.807) is 0 Å². The molecule has 0 unspecified atom stereocenters. The fourth-order valence-electron chi connectivity index (χ4n) is 3.10. The molecule has 0 aliphatic rings. The number of fused-ring (bicyclic) bond motifs is 1. The standard InChI is InChI=1S/C23H20N2O4/c26-20-12-21(29-15-22(20)28-14-16-6-2-1-3-7-16)23(27)24-11-10-17-13-25-19-9-5-4-8-18(17)19/h1-9,12-13,15,25H,10-11,14H2,(H,24,27). The van der Waals surface area contributed by atoms with Crippen LogP contribution in [0.2, 0.25) is 0 Å². The molecular weight excluding hydrogens is 368 g/mol. The number of hydrogen-bond acceptors (Lipinski definition) is 4. The topological polar surface area (TPSA) is 84.3 Å². The summed E-state index contributed by atoms with van der Waals surface area (Å²) in [5.74, 6) is -0.401. The summed E-state index contributed by atoms with van der Waals surface area (Å²) >= 11 is 0. The van der Waals surface area contributed by atoms with E-state index < -0.39 is 11.3 Å². The molecule has 0 bridgehead atoms. The van der Waals surface area contributed by atoms with Crippen LogP contribution in [0.5, 0.6) is 5.75 Å². The van der Waals surface area contributed by atoms with E-state index in [1.165, 1.54) is 6.26 Å². The molecule has 0 saturated carbocycles. The van der Waals surface area contributed by atoms with Crippen LogP contribution in [-0.2, 0) is 13.0 Å². The van der Waals surface area contributed by atoms with Crippen molar-refractivity contribution in [2.45, 2.75) is 13.0 Å². The predicted octanol–water partition coefficient (Wildman–Crippen LogP) is 3.67. The van der Waals surface area contributed by atoms with Gasteiger partial charge in [-0.25, -0.2) is 0 Å². The Morgan fingerprint density at radius 3 is 2.69 bits per heavy atom. The number of carbonyl (C=O) groups is 1. The van der Waals surface area contributed by atoms with Gasteiger partial charge in [-0.3, -0.25) is 9.59 Å². The predicted molar refractivity (Wildman–Crippen MR) is 110 cm³/mol. The molecule has 2 heterocycles. The number of rotatable bonds is 7. The minimum absolute atomic E-state index is 0.0408. The highest BCUT2D eigenvalue weighted by molar-refractivity contribution is 5.91. The van der Waals surface area contributed by atoms with Gasteiger partial charge in [-0.2, -0.15) is 0 Å². The maximum absolute atomic E-state index is 12.3. The van der Waals surface area contributed by atoms with Gasteiger partial charge in [0.15, 0.2) is 5.76 Å². The van der Waals surface area contributed by atoms with Gasteiger partial charge in [0.25, 0.3) is 5.91 Å². The quantitative estimate of drug-likeness (QED) is 0.506. The first-order chi connectivity index (χ1) is 14.2. The maximum atomic E-state index is 12.3. The zero-order chi connectivity index (χ0) is 20.1. The average Bonchev–Trinajstić information content (AvgIpc) is 3.17. The van der Waals surface area contributed by atoms with E-state index in [0.29, 0.717) is 13.0 Å². The molecule has 0 saturated heterocycles. The SMILES string of the molecule is O=C(NCCc1c[nH]c2ccccc12)c1cc(=O)c(OCc2ccccc2)co1. The molecule has 6 nitrogen and oxygen atoms in total. The molecule has 0 spiro atoms. The van der Waals surface area contributed by atoms with Crippen molar-refractivity contribution >= 4 is 16.8 Å². The summed E-state index contributed by atoms with van der Waals surface area (Å²) in [7, 11) is 0. The Labute approximate surface area is 167 Å². The van der Waals surface area contributed by atoms with Gasteiger partial charge >= 0.3 is 0 Å². The highest BCUT2D eigenvalue weighted by Crippen LogP contribution is 2.17. The van der Waals surface area contributed by atoms with E-state index in [0.717, 1.165) is 28.1 Å². The number of ether oxygens (including phenoxy) is 1. The number of para-hydroxylation sites is 1. The van der Waals surface area contributed by atoms with Crippen molar-refractivity contribution in [3.63, 3.8) is 0 Å². The van der Waals surface area contributed by atoms with Crippen LogP contribution in [0.4, 0.5) is 0 Å². The zero-order valence-corrected chi connectivity index (χ0v) is 15.7. The summed E-state index contributed by atoms with van der Waals surface area (Å²) in [6, 6.07) is 18.6. The second-order valence-electron chi connectivity index (χ2n) is 6.61. The largest absolute Gasteiger partial charge is 0.482 e. The number of amides is 1. The molecule has 0 atom stereocenters. The third-order valence-corrected chi connectivity index (χ3v) is 4.61. The molecule has 146 valence electrons. The molecule has 2 aromatic heterocycles. The second-order valence-corrected chi connectivity index (χ2v) is 6.61. The van der Waals surface area contributed by atoms with Crippen molar-refractivity contribution < 1.29 is 13.9 Å². The Kier molecular flexibility index (Phi) is 5.42. The summed E-state index contributed by atoms with van der Waals surface area (Å²) in [4.78, 5) is 27.7. The first-order valence-electron chi connectivity index (χ1n) is 9.33. The maximum Gasteiger partial charge on any atom is 0.287 e. The lowest BCUT2D eigenvalue weighted by atomic mass is 10.1. The molecular formula is C23H20N2O4. The Morgan fingerprint density at radius 1 is 1.07 bits per heavy atom. The van der Waals surface area contributed by atoms with Crippen molar-refractivity contribution in [2.24, 2.45) is 0 Å². The lowest BCUT2D eigenvalue weighted by molar-refractivity contribution is 0.0923. The fraction of sp³-hybridized carbons (Fsp3) is 0.130. The van der Waals surface area contributed by atoms with Crippen LogP contribution in [-0.4, -0.2) is 17.4 Å². The normalized spacial score (nSPS) is 10.8. The van der Waals surface area contributed by atoms with Gasteiger partial charge in [0.1, 0.15) is 12.9 Å². The second kappa shape index (κ2) is 8.48. The van der Waals surface area contributed by atoms with Crippen LogP contribution < -0.4 is 15.5 Å². The number of aromatic nitrogens is 1. The average molecular weight is 388 g/mol. The highest BCUT2D eigenvalue weighted by Gasteiger charge is 2.12. The molecule has 29 heavy (non-hydrogen) atoms. The highest BCUT2D eigenvalue weighted by atomic mass is 16.5. The van der Waals surface area contributed by atoms with Gasteiger partial charge < -0.3 is 19.5 Å². The number of benzene rings is 2. The van der Waals surface area contributed by atoms with Gasteiger partial charge in [-0.05, 0) is 23.6 Å². The number of nitrogens with one attached hydrogen (secondary N) is 2. The Bertz CT molecular complexity index is 1180. The lowest BCUT2D eigenvalue weighted by Gasteiger charge is -2.07. The van der Waals surface area contributed by atoms with E-state index in [1.807, 2.05) is 60.8 Å². The third kappa shape index (κ3) is 4.38. The fourth-order valence-corrected chi connectivity index (χ4v) is 3.10. The summed E-state index contributed by atoms with van der Waals surface area (Å²) in [5.41, 5.74) is 2.72. The lowest BCUT2D eigenvalue weighted by Crippen LogP contribution is -2.26. The minimum Gasteiger partial charge on any atom is -0.482 e. The molecule has 0 aliphatic carbocycles. The summed E-state index contributed by atoms with van der Waals surface area (Å²) in [5, 5.41) is 3.91. The van der Waals surface area contributed by atoms with Crippen LogP contribution in [0.25, 0.3) is 10.9 Å². The summed E-state index contributed by atoms with van der Waals surface area (Å²) < 4.78 is 10.8. The first-order valence-corrected chi connectivity index (χ1v) is 9.33. The number of carbonyl (C=O) groups excluding carboxylic acids is 1. The molecule has 4 rings (SSSR count). The van der Waals surface area contributed by atoms with Crippen molar-refractivity contribution in [3.05, 3.63) is 100 Å². The number of hydrogen-bond donors (Lipinski definition) is 2. The van der Waals surface area contributed by atoms with Crippen molar-refractivity contribution in [2.75, 3.05) is 6.54 Å². The molecule has 2 aromatic carbocycles. The van der Waals surface area contributed by atoms with E-state index in [4.69, 9.17) is 9.15 Å². The van der Waals surface area contributed by atoms with Crippen LogP contribution >= 0.6 is 0 Å². The van der Waals surface area contributed by atoms with E-state index >= 15 is 0 Å². The van der Waals surface area contributed by atoms with Crippen LogP contribution in [0.1, 0.15) is 21.7 Å². The van der Waals surface area contributed by atoms with Gasteiger partial charge in [0.05, 0.1) is 0 Å². The molecule has 1 amide bonds. The van der Waals surface area contributed by atoms with Crippen LogP contribution in [0.3, 0.4) is 0 Å². The molecule has 0 radical (unpaired) electrons. The van der Waals surface area contributed by atoms with Crippen LogP contribution in [0, 0.1) is 0 Å². The van der Waals surface area contributed by atoms with Crippen molar-refractivity contribution in [1.29, 1.82) is 0 Å². The van der Waals surface area contributed by atoms with Crippen molar-refractivity contribution in [3.8, 4) is 5.75 Å². The van der Waals surface area contributed by atoms with E-state index in [2.05, 4.69) is 10.3 Å². The number of aromatic amines is 1. The van der Waals surface area contributed by atoms with Gasteiger partial charge in [0.2, 0.25) is 11.2 Å². The minimum atomic E-state index is -0.434. The zero-order valence-electron chi connectivity index (χ0n) is 15.7. The molecule has 6 heteroatoms. The van der Waals surface area contributed by atoms with Crippen LogP contribution in [0.15, 0.2) is 82.3 Å². The van der Waals surface area contributed by atoms with Gasteiger partial charge in [-0.15, -0.1) is 0 Å². The Morgan fingerprint density at radius 2 is 1.86 bits per heavy atom. The molecule has 0 aliphatic heterocycles. The van der Waals surface area contributed by atoms with Gasteiger partial charge in [-0.1, -0.05) is 48.5 Å². The Balaban J connectivity index is 1.34. The Hall–Kier alpha value is -3.80. The smallest absolute Gasteiger partial charge is 0.287 e. The monoisotopic (exact) mass is 388 g/mol. The molecule has 4 aromatic rings. The third-order valence-electron chi connectivity index (χ3n) is 4.61. The summed E-state index contributed by atoms with van der Waals surface area (Å²) in [6.45, 7) is 0.679. The summed E-state index contributed by atoms with van der Waals surface area (Å²) in [6.07, 6.45) is 3.79. The van der Waals surface area contributed by atoms with E-state index in [9.17, 15) is 9.59 Å². The van der Waals surface area contributed by atoms with Crippen molar-refractivity contribution in [1.82, 2.24) is 10.3 Å². The number of H-pyrrole nitrogens is 1. The first kappa shape index (κ1) is 18.6. The molecule has 0 fully saturated rings.